The van der Waals surface area contributed by atoms with E-state index >= 15 is 0 Å². The van der Waals surface area contributed by atoms with Crippen molar-refractivity contribution in [1.82, 2.24) is 9.88 Å². The van der Waals surface area contributed by atoms with Crippen LogP contribution in [0.2, 0.25) is 0 Å². The maximum Gasteiger partial charge on any atom is 0.262 e. The third-order valence-corrected chi connectivity index (χ3v) is 4.17. The van der Waals surface area contributed by atoms with E-state index in [0.29, 0.717) is 17.8 Å². The molecule has 0 spiro atoms. The van der Waals surface area contributed by atoms with Crippen LogP contribution in [0.4, 0.5) is 11.5 Å². The summed E-state index contributed by atoms with van der Waals surface area (Å²) in [6.45, 7) is 3.70. The zero-order valence-electron chi connectivity index (χ0n) is 14.4. The van der Waals surface area contributed by atoms with Gasteiger partial charge in [-0.3, -0.25) is 29.1 Å². The molecule has 0 unspecified atom stereocenters. The molecule has 1 aromatic carbocycles. The second-order valence-electron chi connectivity index (χ2n) is 6.07. The minimum atomic E-state index is -0.633. The molecule has 1 aliphatic rings. The Morgan fingerprint density at radius 3 is 2.58 bits per heavy atom. The zero-order valence-corrected chi connectivity index (χ0v) is 14.4. The minimum absolute atomic E-state index is 0.00687. The van der Waals surface area contributed by atoms with Crippen molar-refractivity contribution in [2.75, 3.05) is 11.1 Å². The molecule has 26 heavy (non-hydrogen) atoms. The van der Waals surface area contributed by atoms with E-state index in [1.807, 2.05) is 6.92 Å². The second kappa shape index (κ2) is 6.47. The molecule has 2 heterocycles. The van der Waals surface area contributed by atoms with Gasteiger partial charge in [-0.2, -0.15) is 0 Å². The van der Waals surface area contributed by atoms with Crippen molar-refractivity contribution in [3.63, 3.8) is 0 Å². The second-order valence-corrected chi connectivity index (χ2v) is 6.07. The summed E-state index contributed by atoms with van der Waals surface area (Å²) in [5.41, 5.74) is 7.27. The maximum atomic E-state index is 12.4. The monoisotopic (exact) mass is 354 g/mol. The fraction of sp³-hybridized carbons (Fsp3) is 0.222. The average Bonchev–Trinajstić information content (AvgIpc) is 2.84. The highest BCUT2D eigenvalue weighted by atomic mass is 16.2. The highest BCUT2D eigenvalue weighted by Gasteiger charge is 2.31. The lowest BCUT2D eigenvalue weighted by Crippen LogP contribution is -2.24. The molecule has 0 aliphatic carbocycles. The summed E-state index contributed by atoms with van der Waals surface area (Å²) in [6, 6.07) is 6.06. The van der Waals surface area contributed by atoms with Crippen LogP contribution in [0.15, 0.2) is 29.1 Å². The Labute approximate surface area is 149 Å². The van der Waals surface area contributed by atoms with Crippen LogP contribution in [0.25, 0.3) is 5.69 Å². The van der Waals surface area contributed by atoms with Gasteiger partial charge >= 0.3 is 0 Å². The maximum absolute atomic E-state index is 12.4. The topological polar surface area (TPSA) is 123 Å². The largest absolute Gasteiger partial charge is 0.384 e. The van der Waals surface area contributed by atoms with E-state index in [1.54, 1.807) is 25.1 Å². The summed E-state index contributed by atoms with van der Waals surface area (Å²) in [5.74, 6) is -1.45. The van der Waals surface area contributed by atoms with Gasteiger partial charge in [-0.1, -0.05) is 6.92 Å². The Balaban J connectivity index is 2.06. The van der Waals surface area contributed by atoms with Crippen LogP contribution < -0.4 is 21.9 Å². The lowest BCUT2D eigenvalue weighted by atomic mass is 10.1. The number of nitrogens with two attached hydrogens (primary N) is 1. The van der Waals surface area contributed by atoms with Crippen molar-refractivity contribution in [3.8, 4) is 5.69 Å². The first kappa shape index (κ1) is 17.4. The lowest BCUT2D eigenvalue weighted by Gasteiger charge is -2.14. The number of fused-ring (bicyclic) bond motifs is 1. The number of hydrogen-bond donors (Lipinski definition) is 3. The van der Waals surface area contributed by atoms with Crippen LogP contribution in [-0.4, -0.2) is 22.3 Å². The van der Waals surface area contributed by atoms with Gasteiger partial charge in [0.15, 0.2) is 0 Å². The van der Waals surface area contributed by atoms with E-state index < -0.39 is 17.4 Å². The average molecular weight is 354 g/mol. The van der Waals surface area contributed by atoms with Crippen LogP contribution in [0.1, 0.15) is 46.0 Å². The fourth-order valence-electron chi connectivity index (χ4n) is 2.91. The first-order valence-corrected chi connectivity index (χ1v) is 8.15. The van der Waals surface area contributed by atoms with Crippen molar-refractivity contribution >= 4 is 29.2 Å². The summed E-state index contributed by atoms with van der Waals surface area (Å²) < 4.78 is 1.17. The summed E-state index contributed by atoms with van der Waals surface area (Å²) in [7, 11) is 0. The van der Waals surface area contributed by atoms with Gasteiger partial charge in [0.05, 0.1) is 16.8 Å². The standard InChI is InChI=1S/C18H18N4O4/c1-3-4-13(23)20-12-6-5-10(7-9(12)2)22-14(24)8-11-15(16(22)19)18(26)21-17(11)25/h5-8H,3-4,19H2,1-2H3,(H,20,23)(H,21,25,26). The van der Waals surface area contributed by atoms with Gasteiger partial charge in [0, 0.05) is 18.2 Å². The SMILES string of the molecule is CCCC(=O)Nc1ccc(-n2c(N)c3c(cc2=O)C(=O)NC3=O)cc1C. The van der Waals surface area contributed by atoms with E-state index in [1.165, 1.54) is 4.57 Å². The van der Waals surface area contributed by atoms with E-state index in [0.717, 1.165) is 18.1 Å². The number of nitrogens with zero attached hydrogens (tertiary/aromatic N) is 1. The minimum Gasteiger partial charge on any atom is -0.384 e. The molecule has 0 saturated carbocycles. The number of nitrogen functional groups attached to an aromatic ring is 1. The number of rotatable bonds is 4. The van der Waals surface area contributed by atoms with Crippen LogP contribution in [-0.2, 0) is 4.79 Å². The molecule has 0 saturated heterocycles. The fourth-order valence-corrected chi connectivity index (χ4v) is 2.91. The van der Waals surface area contributed by atoms with Crippen molar-refractivity contribution in [2.24, 2.45) is 0 Å². The number of aryl methyl sites for hydroxylation is 1. The predicted octanol–water partition coefficient (Wildman–Crippen LogP) is 1.35. The van der Waals surface area contributed by atoms with Gasteiger partial charge in [-0.15, -0.1) is 0 Å². The molecule has 8 nitrogen and oxygen atoms in total. The van der Waals surface area contributed by atoms with Crippen molar-refractivity contribution in [2.45, 2.75) is 26.7 Å². The molecule has 134 valence electrons. The first-order chi connectivity index (χ1) is 12.3. The number of carbonyl (C=O) groups excluding carboxylic acids is 3. The van der Waals surface area contributed by atoms with Gasteiger partial charge in [0.25, 0.3) is 17.4 Å². The van der Waals surface area contributed by atoms with Crippen molar-refractivity contribution < 1.29 is 14.4 Å². The van der Waals surface area contributed by atoms with E-state index in [4.69, 9.17) is 5.73 Å². The molecule has 4 N–H and O–H groups in total. The molecule has 3 rings (SSSR count). The summed E-state index contributed by atoms with van der Waals surface area (Å²) >= 11 is 0. The molecule has 3 amide bonds. The molecule has 0 atom stereocenters. The van der Waals surface area contributed by atoms with Gasteiger partial charge < -0.3 is 11.1 Å². The third kappa shape index (κ3) is 2.85. The Morgan fingerprint density at radius 2 is 1.92 bits per heavy atom. The number of carbonyl (C=O) groups is 3. The Bertz CT molecular complexity index is 1010. The summed E-state index contributed by atoms with van der Waals surface area (Å²) in [6.07, 6.45) is 1.16. The molecule has 0 radical (unpaired) electrons. The number of anilines is 2. The molecule has 0 fully saturated rings. The third-order valence-electron chi connectivity index (χ3n) is 4.17. The summed E-state index contributed by atoms with van der Waals surface area (Å²) in [5, 5.41) is 4.93. The predicted molar refractivity (Wildman–Crippen MR) is 96.5 cm³/mol. The number of aromatic nitrogens is 1. The van der Waals surface area contributed by atoms with Crippen LogP contribution in [0.3, 0.4) is 0 Å². The Kier molecular flexibility index (Phi) is 4.33. The van der Waals surface area contributed by atoms with Crippen LogP contribution in [0, 0.1) is 6.92 Å². The highest BCUT2D eigenvalue weighted by molar-refractivity contribution is 6.23. The van der Waals surface area contributed by atoms with Gasteiger partial charge in [0.2, 0.25) is 5.91 Å². The number of imide groups is 1. The number of pyridine rings is 1. The normalized spacial score (nSPS) is 12.7. The first-order valence-electron chi connectivity index (χ1n) is 8.15. The zero-order chi connectivity index (χ0) is 19.0. The highest BCUT2D eigenvalue weighted by Crippen LogP contribution is 2.25. The molecule has 2 aromatic rings. The Hall–Kier alpha value is -3.42. The quantitative estimate of drug-likeness (QED) is 0.715. The lowest BCUT2D eigenvalue weighted by molar-refractivity contribution is -0.116. The van der Waals surface area contributed by atoms with Gasteiger partial charge in [-0.05, 0) is 37.1 Å². The Morgan fingerprint density at radius 1 is 1.19 bits per heavy atom. The number of nitrogens with one attached hydrogen (secondary N) is 2. The number of hydrogen-bond acceptors (Lipinski definition) is 5. The molecule has 0 bridgehead atoms. The smallest absolute Gasteiger partial charge is 0.262 e. The van der Waals surface area contributed by atoms with Crippen molar-refractivity contribution in [3.05, 3.63) is 51.3 Å². The van der Waals surface area contributed by atoms with Gasteiger partial charge in [0.1, 0.15) is 5.82 Å². The van der Waals surface area contributed by atoms with E-state index in [2.05, 4.69) is 10.6 Å². The van der Waals surface area contributed by atoms with Crippen LogP contribution >= 0.6 is 0 Å². The van der Waals surface area contributed by atoms with E-state index in [9.17, 15) is 19.2 Å². The van der Waals surface area contributed by atoms with E-state index in [-0.39, 0.29) is 22.9 Å². The number of benzene rings is 1. The summed E-state index contributed by atoms with van der Waals surface area (Å²) in [4.78, 5) is 47.8. The molecule has 8 heteroatoms. The van der Waals surface area contributed by atoms with Crippen molar-refractivity contribution in [1.29, 1.82) is 0 Å². The van der Waals surface area contributed by atoms with Gasteiger partial charge in [-0.25, -0.2) is 0 Å². The number of amides is 3. The van der Waals surface area contributed by atoms with Crippen LogP contribution in [0.5, 0.6) is 0 Å². The molecule has 1 aromatic heterocycles. The molecular weight excluding hydrogens is 336 g/mol. The molecular formula is C18H18N4O4. The molecule has 1 aliphatic heterocycles.